The lowest BCUT2D eigenvalue weighted by atomic mass is 9.86. The van der Waals surface area contributed by atoms with Crippen LogP contribution in [0.1, 0.15) is 32.3 Å². The first kappa shape index (κ1) is 28.1. The first-order valence-corrected chi connectivity index (χ1v) is 12.6. The molecule has 2 N–H and O–H groups in total. The summed E-state index contributed by atoms with van der Waals surface area (Å²) >= 11 is 0. The molecule has 4 atom stereocenters. The Bertz CT molecular complexity index is 789. The third-order valence-corrected chi connectivity index (χ3v) is 6.93. The van der Waals surface area contributed by atoms with Crippen LogP contribution in [0.15, 0.2) is 43.0 Å². The number of aliphatic carboxylic acids is 1. The van der Waals surface area contributed by atoms with E-state index in [9.17, 15) is 19.5 Å². The van der Waals surface area contributed by atoms with Gasteiger partial charge in [-0.2, -0.15) is 0 Å². The van der Waals surface area contributed by atoms with Crippen molar-refractivity contribution < 1.29 is 33.1 Å². The zero-order valence-corrected chi connectivity index (χ0v) is 20.7. The minimum Gasteiger partial charge on any atom is -0.481 e. The van der Waals surface area contributed by atoms with Crippen LogP contribution in [-0.4, -0.2) is 66.6 Å². The number of carbonyl (C=O) groups excluding carboxylic acids is 2. The van der Waals surface area contributed by atoms with Gasteiger partial charge in [0.05, 0.1) is 37.7 Å². The van der Waals surface area contributed by atoms with Gasteiger partial charge in [0.25, 0.3) is 0 Å². The molecule has 0 bridgehead atoms. The molecule has 1 aliphatic heterocycles. The second kappa shape index (κ2) is 15.0. The molecule has 1 fully saturated rings. The third-order valence-electron chi connectivity index (χ3n) is 5.60. The number of likely N-dealkylation sites (tertiary alicyclic amines) is 1. The van der Waals surface area contributed by atoms with Crippen LogP contribution in [0, 0.1) is 11.8 Å². The van der Waals surface area contributed by atoms with E-state index in [0.717, 1.165) is 5.56 Å². The standard InChI is InChI=1S/C24H35N2O7P/c1-4-19-22(24(29)30)21(20(17-27)26(19)16-18-12-8-7-9-13-18)23(28)25-14-10-11-15-33-34(31-5-2)32-6-3/h4,7-9,12-13,17,19-22H,1,5-6,10-11,14-16H2,2-3H3,(H,25,28)(H,29,30). The highest BCUT2D eigenvalue weighted by atomic mass is 31.2. The van der Waals surface area contributed by atoms with Crippen molar-refractivity contribution in [3.05, 3.63) is 48.6 Å². The average Bonchev–Trinajstić information content (AvgIpc) is 3.15. The van der Waals surface area contributed by atoms with Crippen LogP contribution < -0.4 is 5.32 Å². The van der Waals surface area contributed by atoms with Gasteiger partial charge in [0, 0.05) is 19.1 Å². The molecule has 0 radical (unpaired) electrons. The predicted molar refractivity (Wildman–Crippen MR) is 129 cm³/mol. The van der Waals surface area contributed by atoms with E-state index in [1.54, 1.807) is 4.90 Å². The van der Waals surface area contributed by atoms with Gasteiger partial charge in [-0.3, -0.25) is 14.5 Å². The fourth-order valence-corrected chi connectivity index (χ4v) is 5.05. The van der Waals surface area contributed by atoms with E-state index >= 15 is 0 Å². The Morgan fingerprint density at radius 3 is 2.32 bits per heavy atom. The highest BCUT2D eigenvalue weighted by molar-refractivity contribution is 7.41. The Morgan fingerprint density at radius 2 is 1.76 bits per heavy atom. The molecule has 1 saturated heterocycles. The molecule has 1 amide bonds. The van der Waals surface area contributed by atoms with Crippen molar-refractivity contribution in [2.24, 2.45) is 11.8 Å². The van der Waals surface area contributed by atoms with Crippen LogP contribution in [0.4, 0.5) is 0 Å². The van der Waals surface area contributed by atoms with Crippen LogP contribution in [0.5, 0.6) is 0 Å². The summed E-state index contributed by atoms with van der Waals surface area (Å²) in [6, 6.07) is 7.91. The van der Waals surface area contributed by atoms with Crippen LogP contribution in [-0.2, 0) is 34.5 Å². The van der Waals surface area contributed by atoms with E-state index in [4.69, 9.17) is 13.6 Å². The molecule has 4 unspecified atom stereocenters. The summed E-state index contributed by atoms with van der Waals surface area (Å²) in [5.74, 6) is -3.65. The lowest BCUT2D eigenvalue weighted by Gasteiger charge is -2.26. The molecule has 1 aromatic rings. The molecule has 9 nitrogen and oxygen atoms in total. The molecule has 1 aromatic carbocycles. The first-order valence-electron chi connectivity index (χ1n) is 11.5. The van der Waals surface area contributed by atoms with Gasteiger partial charge < -0.3 is 28.8 Å². The van der Waals surface area contributed by atoms with E-state index in [2.05, 4.69) is 11.9 Å². The summed E-state index contributed by atoms with van der Waals surface area (Å²) in [5.41, 5.74) is 0.922. The zero-order chi connectivity index (χ0) is 24.9. The molecule has 2 rings (SSSR count). The lowest BCUT2D eigenvalue weighted by Crippen LogP contribution is -2.43. The number of carboxylic acids is 1. The molecule has 10 heteroatoms. The lowest BCUT2D eigenvalue weighted by molar-refractivity contribution is -0.146. The minimum atomic E-state index is -1.36. The minimum absolute atomic E-state index is 0.342. The fourth-order valence-electron chi connectivity index (χ4n) is 4.12. The Labute approximate surface area is 202 Å². The Kier molecular flexibility index (Phi) is 12.4. The van der Waals surface area contributed by atoms with Gasteiger partial charge in [0.15, 0.2) is 0 Å². The topological polar surface area (TPSA) is 114 Å². The highest BCUT2D eigenvalue weighted by Gasteiger charge is 2.54. The van der Waals surface area contributed by atoms with Gasteiger partial charge in [0.2, 0.25) is 5.91 Å². The van der Waals surface area contributed by atoms with E-state index in [0.29, 0.717) is 52.0 Å². The maximum absolute atomic E-state index is 13.0. The van der Waals surface area contributed by atoms with E-state index in [-0.39, 0.29) is 0 Å². The van der Waals surface area contributed by atoms with Crippen LogP contribution in [0.25, 0.3) is 0 Å². The van der Waals surface area contributed by atoms with Gasteiger partial charge in [-0.25, -0.2) is 0 Å². The number of rotatable bonds is 16. The monoisotopic (exact) mass is 494 g/mol. The first-order chi connectivity index (χ1) is 16.5. The van der Waals surface area contributed by atoms with Gasteiger partial charge in [-0.15, -0.1) is 6.58 Å². The number of carboxylic acid groups (broad SMARTS) is 1. The van der Waals surface area contributed by atoms with E-state index in [1.807, 2.05) is 44.2 Å². The van der Waals surface area contributed by atoms with Crippen LogP contribution in [0.3, 0.4) is 0 Å². The van der Waals surface area contributed by atoms with E-state index < -0.39 is 44.4 Å². The zero-order valence-electron chi connectivity index (χ0n) is 19.8. The second-order valence-electron chi connectivity index (χ2n) is 7.79. The number of aldehydes is 1. The number of amides is 1. The number of hydrogen-bond donors (Lipinski definition) is 2. The van der Waals surface area contributed by atoms with Gasteiger partial charge in [0.1, 0.15) is 6.29 Å². The number of carbonyl (C=O) groups is 3. The summed E-state index contributed by atoms with van der Waals surface area (Å²) in [4.78, 5) is 39.0. The van der Waals surface area contributed by atoms with Crippen molar-refractivity contribution in [3.8, 4) is 0 Å². The molecular weight excluding hydrogens is 459 g/mol. The van der Waals surface area contributed by atoms with Crippen molar-refractivity contribution in [2.75, 3.05) is 26.4 Å². The van der Waals surface area contributed by atoms with E-state index in [1.165, 1.54) is 6.08 Å². The number of unbranched alkanes of at least 4 members (excludes halogenated alkanes) is 1. The number of hydrogen-bond acceptors (Lipinski definition) is 7. The van der Waals surface area contributed by atoms with Gasteiger partial charge in [-0.1, -0.05) is 36.4 Å². The maximum atomic E-state index is 13.0. The van der Waals surface area contributed by atoms with Crippen molar-refractivity contribution in [1.29, 1.82) is 0 Å². The SMILES string of the molecule is C=CC1C(C(=O)O)C(C(=O)NCCCCOP(OCC)OCC)C(C=O)N1Cc1ccccc1. The van der Waals surface area contributed by atoms with Crippen molar-refractivity contribution >= 4 is 26.8 Å². The summed E-state index contributed by atoms with van der Waals surface area (Å²) in [6.45, 7) is 9.61. The fraction of sp³-hybridized carbons (Fsp3) is 0.542. The van der Waals surface area contributed by atoms with Crippen molar-refractivity contribution in [3.63, 3.8) is 0 Å². The normalized spacial score (nSPS) is 22.6. The van der Waals surface area contributed by atoms with Crippen molar-refractivity contribution in [1.82, 2.24) is 10.2 Å². The second-order valence-corrected chi connectivity index (χ2v) is 9.01. The average molecular weight is 495 g/mol. The highest BCUT2D eigenvalue weighted by Crippen LogP contribution is 2.39. The van der Waals surface area contributed by atoms with Crippen LogP contribution in [0.2, 0.25) is 0 Å². The van der Waals surface area contributed by atoms with Gasteiger partial charge >= 0.3 is 14.6 Å². The molecular formula is C24H35N2O7P. The molecule has 34 heavy (non-hydrogen) atoms. The number of benzene rings is 1. The third kappa shape index (κ3) is 7.68. The molecule has 188 valence electrons. The Balaban J connectivity index is 1.97. The quantitative estimate of drug-likeness (QED) is 0.156. The maximum Gasteiger partial charge on any atom is 0.332 e. The molecule has 1 heterocycles. The molecule has 0 spiro atoms. The van der Waals surface area contributed by atoms with Crippen molar-refractivity contribution in [2.45, 2.75) is 45.3 Å². The predicted octanol–water partition coefficient (Wildman–Crippen LogP) is 3.15. The molecule has 0 aliphatic carbocycles. The summed E-state index contributed by atoms with van der Waals surface area (Å²) < 4.78 is 16.3. The smallest absolute Gasteiger partial charge is 0.332 e. The number of nitrogens with zero attached hydrogens (tertiary/aromatic N) is 1. The molecule has 0 aromatic heterocycles. The Hall–Kier alpha value is -2.16. The Morgan fingerprint density at radius 1 is 1.09 bits per heavy atom. The largest absolute Gasteiger partial charge is 0.481 e. The summed E-state index contributed by atoms with van der Waals surface area (Å²) in [6.07, 6.45) is 3.48. The van der Waals surface area contributed by atoms with Gasteiger partial charge in [-0.05, 0) is 32.3 Å². The molecule has 0 saturated carbocycles. The number of nitrogens with one attached hydrogen (secondary N) is 1. The molecule has 1 aliphatic rings. The summed E-state index contributed by atoms with van der Waals surface area (Å²) in [5, 5.41) is 12.7. The summed E-state index contributed by atoms with van der Waals surface area (Å²) in [7, 11) is -1.36. The van der Waals surface area contributed by atoms with Crippen LogP contribution >= 0.6 is 8.60 Å².